The molecule has 1 heterocycles. The zero-order chi connectivity index (χ0) is 13.1. The number of benzene rings is 1. The molecule has 4 nitrogen and oxygen atoms in total. The van der Waals surface area contributed by atoms with E-state index in [1.165, 1.54) is 6.07 Å². The number of ketones is 1. The van der Waals surface area contributed by atoms with Gasteiger partial charge in [-0.2, -0.15) is 0 Å². The van der Waals surface area contributed by atoms with E-state index in [0.717, 1.165) is 18.6 Å². The quantitative estimate of drug-likeness (QED) is 0.825. The number of hydrogen-bond acceptors (Lipinski definition) is 4. The summed E-state index contributed by atoms with van der Waals surface area (Å²) in [6, 6.07) is 3.60. The molecular formula is C13H16FNO3. The molecule has 98 valence electrons. The SMILES string of the molecule is CN(CC(=O)c1cc(F)ccc1O)C1CCOC1. The van der Waals surface area contributed by atoms with Gasteiger partial charge in [0.2, 0.25) is 0 Å². The average Bonchev–Trinajstić information content (AvgIpc) is 2.85. The van der Waals surface area contributed by atoms with E-state index in [1.807, 2.05) is 11.9 Å². The highest BCUT2D eigenvalue weighted by molar-refractivity contribution is 6.00. The van der Waals surface area contributed by atoms with E-state index in [2.05, 4.69) is 0 Å². The summed E-state index contributed by atoms with van der Waals surface area (Å²) in [6.45, 7) is 1.46. The highest BCUT2D eigenvalue weighted by Crippen LogP contribution is 2.19. The maximum Gasteiger partial charge on any atom is 0.180 e. The number of carbonyl (C=O) groups excluding carboxylic acids is 1. The second-order valence-electron chi connectivity index (χ2n) is 4.52. The Morgan fingerprint density at radius 2 is 2.39 bits per heavy atom. The van der Waals surface area contributed by atoms with Crippen LogP contribution in [0.3, 0.4) is 0 Å². The molecule has 1 unspecified atom stereocenters. The average molecular weight is 253 g/mol. The first-order valence-electron chi connectivity index (χ1n) is 5.87. The minimum Gasteiger partial charge on any atom is -0.507 e. The number of ether oxygens (including phenoxy) is 1. The summed E-state index contributed by atoms with van der Waals surface area (Å²) in [7, 11) is 1.83. The fourth-order valence-corrected chi connectivity index (χ4v) is 2.04. The van der Waals surface area contributed by atoms with E-state index in [0.29, 0.717) is 13.2 Å². The normalized spacial score (nSPS) is 19.4. The molecule has 0 aromatic heterocycles. The first kappa shape index (κ1) is 13.0. The van der Waals surface area contributed by atoms with Gasteiger partial charge in [-0.25, -0.2) is 4.39 Å². The molecular weight excluding hydrogens is 237 g/mol. The van der Waals surface area contributed by atoms with E-state index in [4.69, 9.17) is 4.74 Å². The van der Waals surface area contributed by atoms with Crippen molar-refractivity contribution in [1.82, 2.24) is 4.90 Å². The third kappa shape index (κ3) is 2.86. The molecule has 1 fully saturated rings. The zero-order valence-corrected chi connectivity index (χ0v) is 10.2. The van der Waals surface area contributed by atoms with Gasteiger partial charge < -0.3 is 9.84 Å². The second-order valence-corrected chi connectivity index (χ2v) is 4.52. The van der Waals surface area contributed by atoms with Crippen molar-refractivity contribution >= 4 is 5.78 Å². The van der Waals surface area contributed by atoms with Crippen LogP contribution in [0, 0.1) is 5.82 Å². The van der Waals surface area contributed by atoms with Crippen LogP contribution in [0.15, 0.2) is 18.2 Å². The summed E-state index contributed by atoms with van der Waals surface area (Å²) >= 11 is 0. The molecule has 1 aromatic carbocycles. The summed E-state index contributed by atoms with van der Waals surface area (Å²) in [5.74, 6) is -0.998. The largest absolute Gasteiger partial charge is 0.507 e. The molecule has 0 saturated carbocycles. The van der Waals surface area contributed by atoms with Crippen LogP contribution in [-0.2, 0) is 4.74 Å². The second kappa shape index (κ2) is 5.46. The topological polar surface area (TPSA) is 49.8 Å². The van der Waals surface area contributed by atoms with Crippen molar-refractivity contribution in [2.24, 2.45) is 0 Å². The maximum atomic E-state index is 13.0. The van der Waals surface area contributed by atoms with Crippen molar-refractivity contribution in [2.75, 3.05) is 26.8 Å². The lowest BCUT2D eigenvalue weighted by molar-refractivity contribution is 0.0904. The molecule has 1 aliphatic heterocycles. The first-order chi connectivity index (χ1) is 8.58. The minimum atomic E-state index is -0.525. The number of aromatic hydroxyl groups is 1. The van der Waals surface area contributed by atoms with Crippen molar-refractivity contribution in [1.29, 1.82) is 0 Å². The van der Waals surface area contributed by atoms with Crippen molar-refractivity contribution in [3.05, 3.63) is 29.6 Å². The van der Waals surface area contributed by atoms with Crippen LogP contribution in [-0.4, -0.2) is 48.6 Å². The fraction of sp³-hybridized carbons (Fsp3) is 0.462. The zero-order valence-electron chi connectivity index (χ0n) is 10.2. The van der Waals surface area contributed by atoms with Gasteiger partial charge >= 0.3 is 0 Å². The Kier molecular flexibility index (Phi) is 3.93. The van der Waals surface area contributed by atoms with Crippen molar-refractivity contribution in [3.8, 4) is 5.75 Å². The van der Waals surface area contributed by atoms with Gasteiger partial charge in [-0.15, -0.1) is 0 Å². The summed E-state index contributed by atoms with van der Waals surface area (Å²) in [5, 5.41) is 9.55. The molecule has 5 heteroatoms. The number of carbonyl (C=O) groups is 1. The van der Waals surface area contributed by atoms with Crippen LogP contribution in [0.4, 0.5) is 4.39 Å². The molecule has 0 bridgehead atoms. The van der Waals surface area contributed by atoms with E-state index >= 15 is 0 Å². The Bertz CT molecular complexity index is 444. The van der Waals surface area contributed by atoms with Crippen LogP contribution in [0.2, 0.25) is 0 Å². The van der Waals surface area contributed by atoms with E-state index < -0.39 is 5.82 Å². The number of phenolic OH excluding ortho intramolecular Hbond substituents is 1. The molecule has 1 atom stereocenters. The Balaban J connectivity index is 2.04. The van der Waals surface area contributed by atoms with Crippen LogP contribution < -0.4 is 0 Å². The summed E-state index contributed by atoms with van der Waals surface area (Å²) in [6.07, 6.45) is 0.888. The number of hydrogen-bond donors (Lipinski definition) is 1. The van der Waals surface area contributed by atoms with Gasteiger partial charge in [-0.05, 0) is 31.7 Å². The van der Waals surface area contributed by atoms with Crippen molar-refractivity contribution in [3.63, 3.8) is 0 Å². The molecule has 0 spiro atoms. The monoisotopic (exact) mass is 253 g/mol. The van der Waals surface area contributed by atoms with Gasteiger partial charge in [-0.1, -0.05) is 0 Å². The Hall–Kier alpha value is -1.46. The maximum absolute atomic E-state index is 13.0. The standard InChI is InChI=1S/C13H16FNO3/c1-15(10-4-5-18-8-10)7-13(17)11-6-9(14)2-3-12(11)16/h2-3,6,10,16H,4-5,7-8H2,1H3. The van der Waals surface area contributed by atoms with Gasteiger partial charge in [0.15, 0.2) is 5.78 Å². The molecule has 0 aliphatic carbocycles. The number of Topliss-reactive ketones (excluding diaryl/α,β-unsaturated/α-hetero) is 1. The van der Waals surface area contributed by atoms with E-state index in [1.54, 1.807) is 0 Å². The number of rotatable bonds is 4. The molecule has 0 radical (unpaired) electrons. The van der Waals surface area contributed by atoms with Crippen LogP contribution in [0.25, 0.3) is 0 Å². The van der Waals surface area contributed by atoms with E-state index in [9.17, 15) is 14.3 Å². The summed E-state index contributed by atoms with van der Waals surface area (Å²) in [5.41, 5.74) is 0.0285. The molecule has 1 aliphatic rings. The fourth-order valence-electron chi connectivity index (χ4n) is 2.04. The minimum absolute atomic E-state index is 0.0285. The van der Waals surface area contributed by atoms with Crippen molar-refractivity contribution in [2.45, 2.75) is 12.5 Å². The van der Waals surface area contributed by atoms with Crippen LogP contribution in [0.1, 0.15) is 16.8 Å². The van der Waals surface area contributed by atoms with Gasteiger partial charge in [0, 0.05) is 12.6 Å². The summed E-state index contributed by atoms with van der Waals surface area (Å²) in [4.78, 5) is 13.9. The Morgan fingerprint density at radius 1 is 1.61 bits per heavy atom. The predicted molar refractivity (Wildman–Crippen MR) is 64.2 cm³/mol. The van der Waals surface area contributed by atoms with E-state index in [-0.39, 0.29) is 29.7 Å². The third-order valence-corrected chi connectivity index (χ3v) is 3.18. The van der Waals surface area contributed by atoms with Crippen LogP contribution in [0.5, 0.6) is 5.75 Å². The summed E-state index contributed by atoms with van der Waals surface area (Å²) < 4.78 is 18.3. The first-order valence-corrected chi connectivity index (χ1v) is 5.87. The lowest BCUT2D eigenvalue weighted by Gasteiger charge is -2.21. The lowest BCUT2D eigenvalue weighted by Crippen LogP contribution is -2.36. The molecule has 1 saturated heterocycles. The highest BCUT2D eigenvalue weighted by Gasteiger charge is 2.23. The Labute approximate surface area is 105 Å². The number of phenols is 1. The number of likely N-dealkylation sites (N-methyl/N-ethyl adjacent to an activating group) is 1. The molecule has 1 N–H and O–H groups in total. The molecule has 18 heavy (non-hydrogen) atoms. The number of halogens is 1. The Morgan fingerprint density at radius 3 is 3.06 bits per heavy atom. The van der Waals surface area contributed by atoms with Gasteiger partial charge in [0.1, 0.15) is 11.6 Å². The van der Waals surface area contributed by atoms with Gasteiger partial charge in [-0.3, -0.25) is 9.69 Å². The predicted octanol–water partition coefficient (Wildman–Crippen LogP) is 1.43. The highest BCUT2D eigenvalue weighted by atomic mass is 19.1. The smallest absolute Gasteiger partial charge is 0.180 e. The van der Waals surface area contributed by atoms with Gasteiger partial charge in [0.05, 0.1) is 18.7 Å². The molecule has 2 rings (SSSR count). The molecule has 1 aromatic rings. The number of nitrogens with zero attached hydrogens (tertiary/aromatic N) is 1. The third-order valence-electron chi connectivity index (χ3n) is 3.18. The molecule has 0 amide bonds. The van der Waals surface area contributed by atoms with Gasteiger partial charge in [0.25, 0.3) is 0 Å². The van der Waals surface area contributed by atoms with Crippen molar-refractivity contribution < 1.29 is 19.0 Å². The lowest BCUT2D eigenvalue weighted by atomic mass is 10.1. The van der Waals surface area contributed by atoms with Crippen LogP contribution >= 0.6 is 0 Å².